The molecular weight excluding hydrogens is 476 g/mol. The summed E-state index contributed by atoms with van der Waals surface area (Å²) in [5.74, 6) is -0.206. The normalized spacial score (nSPS) is 18.1. The van der Waals surface area contributed by atoms with E-state index in [4.69, 9.17) is 0 Å². The summed E-state index contributed by atoms with van der Waals surface area (Å²) in [6.45, 7) is 2.68. The van der Waals surface area contributed by atoms with Crippen LogP contribution in [-0.2, 0) is 24.7 Å². The number of piperazine rings is 1. The number of sulfonamides is 1. The summed E-state index contributed by atoms with van der Waals surface area (Å²) in [5.41, 5.74) is 1.45. The maximum Gasteiger partial charge on any atom is 0.244 e. The molecule has 1 atom stereocenters. The first-order valence-electron chi connectivity index (χ1n) is 10.7. The molecule has 1 amide bonds. The van der Waals surface area contributed by atoms with Crippen LogP contribution in [0.4, 0.5) is 5.69 Å². The van der Waals surface area contributed by atoms with Gasteiger partial charge >= 0.3 is 0 Å². The lowest BCUT2D eigenvalue weighted by Crippen LogP contribution is -2.55. The van der Waals surface area contributed by atoms with Crippen molar-refractivity contribution in [1.29, 1.82) is 0 Å². The van der Waals surface area contributed by atoms with Crippen molar-refractivity contribution in [2.24, 2.45) is 0 Å². The number of aromatic nitrogens is 1. The van der Waals surface area contributed by atoms with E-state index in [0.29, 0.717) is 18.8 Å². The van der Waals surface area contributed by atoms with Gasteiger partial charge in [-0.2, -0.15) is 4.31 Å². The number of benzene rings is 2. The Kier molecular flexibility index (Phi) is 6.72. The number of anilines is 1. The molecule has 1 saturated heterocycles. The summed E-state index contributed by atoms with van der Waals surface area (Å²) in [4.78, 5) is 18.5. The molecule has 0 bridgehead atoms. The second-order valence-electron chi connectivity index (χ2n) is 8.34. The molecule has 180 valence electrons. The number of carbonyl (C=O) groups is 1. The summed E-state index contributed by atoms with van der Waals surface area (Å²) in [5, 5.41) is 3.76. The number of sulfone groups is 1. The fourth-order valence-electron chi connectivity index (χ4n) is 4.22. The van der Waals surface area contributed by atoms with E-state index in [9.17, 15) is 21.6 Å². The standard InChI is InChI=1S/C23H26N4O5S2/c1-17-15-26(16-23(28)25-20-9-5-8-19-18(20)7-6-12-24-19)13-14-27(17)34(31,32)22-11-4-3-10-21(22)33(2,29)30/h3-12,17H,13-16H2,1-2H3,(H,25,28)/t17-/m1/s1. The van der Waals surface area contributed by atoms with Gasteiger partial charge in [0.05, 0.1) is 22.6 Å². The van der Waals surface area contributed by atoms with Crippen molar-refractivity contribution in [3.8, 4) is 0 Å². The van der Waals surface area contributed by atoms with Crippen molar-refractivity contribution in [3.63, 3.8) is 0 Å². The zero-order valence-corrected chi connectivity index (χ0v) is 20.5. The number of amides is 1. The van der Waals surface area contributed by atoms with Crippen LogP contribution in [0.25, 0.3) is 10.9 Å². The van der Waals surface area contributed by atoms with E-state index < -0.39 is 25.9 Å². The highest BCUT2D eigenvalue weighted by Gasteiger charge is 2.36. The second kappa shape index (κ2) is 9.41. The van der Waals surface area contributed by atoms with Gasteiger partial charge in [0.1, 0.15) is 4.90 Å². The molecule has 0 aliphatic carbocycles. The van der Waals surface area contributed by atoms with Crippen molar-refractivity contribution in [2.45, 2.75) is 22.8 Å². The van der Waals surface area contributed by atoms with Gasteiger partial charge in [-0.1, -0.05) is 18.2 Å². The molecule has 2 heterocycles. The van der Waals surface area contributed by atoms with Crippen LogP contribution in [0.1, 0.15) is 6.92 Å². The Morgan fingerprint density at radius 1 is 1.00 bits per heavy atom. The number of carbonyl (C=O) groups excluding carboxylic acids is 1. The molecule has 1 N–H and O–H groups in total. The summed E-state index contributed by atoms with van der Waals surface area (Å²) in [6.07, 6.45) is 2.69. The quantitative estimate of drug-likeness (QED) is 0.548. The van der Waals surface area contributed by atoms with Gasteiger partial charge in [0.2, 0.25) is 15.9 Å². The van der Waals surface area contributed by atoms with E-state index in [-0.39, 0.29) is 28.8 Å². The Labute approximate surface area is 199 Å². The van der Waals surface area contributed by atoms with Crippen LogP contribution in [0.2, 0.25) is 0 Å². The van der Waals surface area contributed by atoms with E-state index >= 15 is 0 Å². The average Bonchev–Trinajstić information content (AvgIpc) is 2.78. The van der Waals surface area contributed by atoms with Gasteiger partial charge in [-0.05, 0) is 43.3 Å². The zero-order valence-electron chi connectivity index (χ0n) is 18.9. The lowest BCUT2D eigenvalue weighted by Gasteiger charge is -2.38. The first kappa shape index (κ1) is 24.3. The lowest BCUT2D eigenvalue weighted by atomic mass is 10.2. The number of hydrogen-bond acceptors (Lipinski definition) is 7. The largest absolute Gasteiger partial charge is 0.324 e. The molecule has 9 nitrogen and oxygen atoms in total. The first-order valence-corrected chi connectivity index (χ1v) is 14.1. The third kappa shape index (κ3) is 4.97. The zero-order chi connectivity index (χ0) is 24.5. The molecule has 1 aliphatic rings. The fourth-order valence-corrected chi connectivity index (χ4v) is 7.44. The Hall–Kier alpha value is -2.86. The minimum absolute atomic E-state index is 0.106. The first-order chi connectivity index (χ1) is 16.1. The smallest absolute Gasteiger partial charge is 0.244 e. The molecular formula is C23H26N4O5S2. The minimum atomic E-state index is -4.03. The van der Waals surface area contributed by atoms with Crippen molar-refractivity contribution in [3.05, 3.63) is 60.8 Å². The molecule has 2 aromatic carbocycles. The molecule has 0 radical (unpaired) electrons. The van der Waals surface area contributed by atoms with Gasteiger partial charge in [0.25, 0.3) is 0 Å². The van der Waals surface area contributed by atoms with Crippen LogP contribution in [0.5, 0.6) is 0 Å². The monoisotopic (exact) mass is 502 g/mol. The summed E-state index contributed by atoms with van der Waals surface area (Å²) in [7, 11) is -7.75. The van der Waals surface area contributed by atoms with E-state index in [0.717, 1.165) is 17.2 Å². The van der Waals surface area contributed by atoms with Crippen LogP contribution < -0.4 is 5.32 Å². The van der Waals surface area contributed by atoms with Crippen LogP contribution >= 0.6 is 0 Å². The maximum atomic E-state index is 13.3. The van der Waals surface area contributed by atoms with Crippen molar-refractivity contribution in [2.75, 3.05) is 37.8 Å². The van der Waals surface area contributed by atoms with Gasteiger partial charge in [-0.25, -0.2) is 16.8 Å². The number of rotatable bonds is 6. The molecule has 4 rings (SSSR count). The second-order valence-corrected chi connectivity index (χ2v) is 12.2. The molecule has 11 heteroatoms. The summed E-state index contributed by atoms with van der Waals surface area (Å²) >= 11 is 0. The molecule has 1 aliphatic heterocycles. The van der Waals surface area contributed by atoms with E-state index in [1.165, 1.54) is 28.6 Å². The topological polar surface area (TPSA) is 117 Å². The van der Waals surface area contributed by atoms with Crippen LogP contribution in [-0.4, -0.2) is 75.4 Å². The molecule has 0 spiro atoms. The van der Waals surface area contributed by atoms with Gasteiger partial charge < -0.3 is 5.32 Å². The SMILES string of the molecule is C[C@@H]1CN(CC(=O)Nc2cccc3ncccc23)CCN1S(=O)(=O)c1ccccc1S(C)(=O)=O. The number of nitrogens with zero attached hydrogens (tertiary/aromatic N) is 3. The average molecular weight is 503 g/mol. The number of hydrogen-bond donors (Lipinski definition) is 1. The van der Waals surface area contributed by atoms with Crippen LogP contribution in [0, 0.1) is 0 Å². The maximum absolute atomic E-state index is 13.3. The highest BCUT2D eigenvalue weighted by atomic mass is 32.2. The third-order valence-corrected chi connectivity index (χ3v) is 9.13. The van der Waals surface area contributed by atoms with Crippen molar-refractivity contribution >= 4 is 42.4 Å². The fraction of sp³-hybridized carbons (Fsp3) is 0.304. The number of pyridine rings is 1. The third-order valence-electron chi connectivity index (χ3n) is 5.77. The van der Waals surface area contributed by atoms with Gasteiger partial charge in [-0.15, -0.1) is 0 Å². The van der Waals surface area contributed by atoms with Crippen LogP contribution in [0.3, 0.4) is 0 Å². The van der Waals surface area contributed by atoms with Gasteiger partial charge in [-0.3, -0.25) is 14.7 Å². The Morgan fingerprint density at radius 3 is 2.44 bits per heavy atom. The summed E-state index contributed by atoms with van der Waals surface area (Å²) < 4.78 is 52.2. The highest BCUT2D eigenvalue weighted by molar-refractivity contribution is 7.93. The van der Waals surface area contributed by atoms with Crippen LogP contribution in [0.15, 0.2) is 70.6 Å². The molecule has 0 saturated carbocycles. The predicted octanol–water partition coefficient (Wildman–Crippen LogP) is 1.97. The van der Waals surface area contributed by atoms with Gasteiger partial charge in [0.15, 0.2) is 9.84 Å². The van der Waals surface area contributed by atoms with E-state index in [2.05, 4.69) is 10.3 Å². The molecule has 3 aromatic rings. The Balaban J connectivity index is 1.45. The van der Waals surface area contributed by atoms with E-state index in [1.54, 1.807) is 19.2 Å². The van der Waals surface area contributed by atoms with E-state index in [1.807, 2.05) is 29.2 Å². The Morgan fingerprint density at radius 2 is 1.74 bits per heavy atom. The van der Waals surface area contributed by atoms with Crippen molar-refractivity contribution in [1.82, 2.24) is 14.2 Å². The van der Waals surface area contributed by atoms with Crippen molar-refractivity contribution < 1.29 is 21.6 Å². The van der Waals surface area contributed by atoms with Gasteiger partial charge in [0, 0.05) is 43.5 Å². The highest BCUT2D eigenvalue weighted by Crippen LogP contribution is 2.27. The molecule has 34 heavy (non-hydrogen) atoms. The number of fused-ring (bicyclic) bond motifs is 1. The molecule has 1 aromatic heterocycles. The summed E-state index contributed by atoms with van der Waals surface area (Å²) in [6, 6.07) is 14.4. The molecule has 0 unspecified atom stereocenters. The number of nitrogens with one attached hydrogen (secondary N) is 1. The minimum Gasteiger partial charge on any atom is -0.324 e. The lowest BCUT2D eigenvalue weighted by molar-refractivity contribution is -0.117. The Bertz CT molecular complexity index is 1440. The predicted molar refractivity (Wildman–Crippen MR) is 130 cm³/mol. The molecule has 1 fully saturated rings.